The average Bonchev–Trinajstić information content (AvgIpc) is 2.26. The lowest BCUT2D eigenvalue weighted by Crippen LogP contribution is -2.28. The molecule has 0 saturated carbocycles. The van der Waals surface area contributed by atoms with E-state index in [2.05, 4.69) is 18.7 Å². The second kappa shape index (κ2) is 5.38. The van der Waals surface area contributed by atoms with E-state index in [1.54, 1.807) is 0 Å². The van der Waals surface area contributed by atoms with E-state index < -0.39 is 0 Å². The van der Waals surface area contributed by atoms with Gasteiger partial charge in [0, 0.05) is 29.4 Å². The van der Waals surface area contributed by atoms with Crippen LogP contribution in [0.2, 0.25) is 5.02 Å². The van der Waals surface area contributed by atoms with Crippen LogP contribution in [0.1, 0.15) is 25.8 Å². The Hall–Kier alpha value is -0.730. The summed E-state index contributed by atoms with van der Waals surface area (Å²) in [5.74, 6) is 0. The van der Waals surface area contributed by atoms with Gasteiger partial charge in [-0.1, -0.05) is 18.5 Å². The van der Waals surface area contributed by atoms with Gasteiger partial charge in [0.2, 0.25) is 0 Å². The van der Waals surface area contributed by atoms with Crippen molar-refractivity contribution in [1.82, 2.24) is 0 Å². The maximum atomic E-state index is 9.26. The maximum absolute atomic E-state index is 9.26. The highest BCUT2D eigenvalue weighted by Crippen LogP contribution is 2.25. The van der Waals surface area contributed by atoms with Gasteiger partial charge in [-0.25, -0.2) is 0 Å². The Kier molecular flexibility index (Phi) is 4.43. The minimum absolute atomic E-state index is 0.0245. The van der Waals surface area contributed by atoms with Gasteiger partial charge in [0.25, 0.3) is 0 Å². The lowest BCUT2D eigenvalue weighted by Gasteiger charge is -2.28. The number of aliphatic hydroxyl groups excluding tert-OH is 1. The van der Waals surface area contributed by atoms with E-state index in [-0.39, 0.29) is 6.61 Å². The first kappa shape index (κ1) is 12.3. The molecule has 0 aliphatic rings. The number of rotatable bonds is 4. The Morgan fingerprint density at radius 3 is 2.67 bits per heavy atom. The molecule has 1 N–H and O–H groups in total. The fraction of sp³-hybridized carbons (Fsp3) is 0.500. The molecule has 0 spiro atoms. The van der Waals surface area contributed by atoms with Gasteiger partial charge in [-0.15, -0.1) is 0 Å². The standard InChI is InChI=1S/C12H18ClNO/c1-4-9(2)14(3)12-6-5-11(13)7-10(12)8-15/h5-7,9,15H,4,8H2,1-3H3. The highest BCUT2D eigenvalue weighted by molar-refractivity contribution is 6.30. The van der Waals surface area contributed by atoms with Crippen LogP contribution in [0.25, 0.3) is 0 Å². The summed E-state index contributed by atoms with van der Waals surface area (Å²) >= 11 is 5.88. The van der Waals surface area contributed by atoms with Gasteiger partial charge in [0.1, 0.15) is 0 Å². The van der Waals surface area contributed by atoms with Crippen molar-refractivity contribution in [3.8, 4) is 0 Å². The zero-order valence-electron chi connectivity index (χ0n) is 9.50. The summed E-state index contributed by atoms with van der Waals surface area (Å²) in [6, 6.07) is 6.08. The monoisotopic (exact) mass is 227 g/mol. The molecular weight excluding hydrogens is 210 g/mol. The summed E-state index contributed by atoms with van der Waals surface area (Å²) in [4.78, 5) is 2.17. The molecule has 0 aliphatic carbocycles. The van der Waals surface area contributed by atoms with E-state index in [4.69, 9.17) is 11.6 Å². The highest BCUT2D eigenvalue weighted by Gasteiger charge is 2.11. The number of hydrogen-bond acceptors (Lipinski definition) is 2. The molecular formula is C12H18ClNO. The number of anilines is 1. The fourth-order valence-electron chi connectivity index (χ4n) is 1.54. The van der Waals surface area contributed by atoms with Crippen molar-refractivity contribution in [2.45, 2.75) is 32.9 Å². The van der Waals surface area contributed by atoms with E-state index >= 15 is 0 Å². The largest absolute Gasteiger partial charge is 0.392 e. The van der Waals surface area contributed by atoms with Gasteiger partial charge in [-0.3, -0.25) is 0 Å². The number of halogens is 1. The summed E-state index contributed by atoms with van der Waals surface area (Å²) < 4.78 is 0. The second-order valence-electron chi connectivity index (χ2n) is 3.80. The normalized spacial score (nSPS) is 12.6. The molecule has 1 unspecified atom stereocenters. The molecule has 0 fully saturated rings. The van der Waals surface area contributed by atoms with Gasteiger partial charge in [0.05, 0.1) is 6.61 Å². The topological polar surface area (TPSA) is 23.5 Å². The minimum atomic E-state index is 0.0245. The zero-order valence-corrected chi connectivity index (χ0v) is 10.3. The van der Waals surface area contributed by atoms with Gasteiger partial charge in [-0.2, -0.15) is 0 Å². The number of hydrogen-bond donors (Lipinski definition) is 1. The Labute approximate surface area is 96.5 Å². The van der Waals surface area contributed by atoms with Gasteiger partial charge in [0.15, 0.2) is 0 Å². The summed E-state index contributed by atoms with van der Waals surface area (Å²) in [6.45, 7) is 4.34. The van der Waals surface area contributed by atoms with Crippen LogP contribution in [-0.4, -0.2) is 18.2 Å². The number of benzene rings is 1. The molecule has 0 aromatic heterocycles. The average molecular weight is 228 g/mol. The van der Waals surface area contributed by atoms with Gasteiger partial charge >= 0.3 is 0 Å². The summed E-state index contributed by atoms with van der Waals surface area (Å²) in [5.41, 5.74) is 1.93. The van der Waals surface area contributed by atoms with Crippen LogP contribution in [0.5, 0.6) is 0 Å². The van der Waals surface area contributed by atoms with Crippen LogP contribution >= 0.6 is 11.6 Å². The third-order valence-corrected chi connectivity index (χ3v) is 3.08. The minimum Gasteiger partial charge on any atom is -0.392 e. The van der Waals surface area contributed by atoms with Crippen LogP contribution < -0.4 is 4.90 Å². The fourth-order valence-corrected chi connectivity index (χ4v) is 1.73. The predicted octanol–water partition coefficient (Wildman–Crippen LogP) is 3.07. The molecule has 0 heterocycles. The molecule has 1 atom stereocenters. The molecule has 1 rings (SSSR count). The molecule has 3 heteroatoms. The molecule has 84 valence electrons. The summed E-state index contributed by atoms with van der Waals surface area (Å²) in [5, 5.41) is 9.93. The molecule has 15 heavy (non-hydrogen) atoms. The molecule has 1 aromatic carbocycles. The van der Waals surface area contributed by atoms with Crippen molar-refractivity contribution in [3.05, 3.63) is 28.8 Å². The second-order valence-corrected chi connectivity index (χ2v) is 4.24. The van der Waals surface area contributed by atoms with Crippen molar-refractivity contribution >= 4 is 17.3 Å². The van der Waals surface area contributed by atoms with Crippen LogP contribution in [0.3, 0.4) is 0 Å². The molecule has 0 radical (unpaired) electrons. The van der Waals surface area contributed by atoms with Crippen LogP contribution in [0, 0.1) is 0 Å². The summed E-state index contributed by atoms with van der Waals surface area (Å²) in [6.07, 6.45) is 1.07. The lowest BCUT2D eigenvalue weighted by molar-refractivity contribution is 0.282. The smallest absolute Gasteiger partial charge is 0.0702 e. The molecule has 0 amide bonds. The number of aliphatic hydroxyl groups is 1. The van der Waals surface area contributed by atoms with Crippen molar-refractivity contribution < 1.29 is 5.11 Å². The Bertz CT molecular complexity index is 327. The van der Waals surface area contributed by atoms with E-state index in [9.17, 15) is 5.11 Å². The zero-order chi connectivity index (χ0) is 11.4. The predicted molar refractivity (Wildman–Crippen MR) is 65.5 cm³/mol. The van der Waals surface area contributed by atoms with E-state index in [0.717, 1.165) is 17.7 Å². The first-order valence-corrected chi connectivity index (χ1v) is 5.60. The Morgan fingerprint density at radius 1 is 1.47 bits per heavy atom. The quantitative estimate of drug-likeness (QED) is 0.855. The van der Waals surface area contributed by atoms with Gasteiger partial charge < -0.3 is 10.0 Å². The Morgan fingerprint density at radius 2 is 2.13 bits per heavy atom. The molecule has 0 saturated heterocycles. The highest BCUT2D eigenvalue weighted by atomic mass is 35.5. The van der Waals surface area contributed by atoms with Gasteiger partial charge in [-0.05, 0) is 31.5 Å². The van der Waals surface area contributed by atoms with Crippen LogP contribution in [0.15, 0.2) is 18.2 Å². The number of nitrogens with zero attached hydrogens (tertiary/aromatic N) is 1. The Balaban J connectivity index is 3.02. The SMILES string of the molecule is CCC(C)N(C)c1ccc(Cl)cc1CO. The molecule has 1 aromatic rings. The van der Waals surface area contributed by atoms with Crippen molar-refractivity contribution in [2.24, 2.45) is 0 Å². The van der Waals surface area contributed by atoms with Crippen LogP contribution in [0.4, 0.5) is 5.69 Å². The molecule has 2 nitrogen and oxygen atoms in total. The molecule has 0 bridgehead atoms. The molecule has 0 aliphatic heterocycles. The summed E-state index contributed by atoms with van der Waals surface area (Å²) in [7, 11) is 2.04. The van der Waals surface area contributed by atoms with E-state index in [1.165, 1.54) is 0 Å². The first-order valence-electron chi connectivity index (χ1n) is 5.22. The van der Waals surface area contributed by atoms with Crippen LogP contribution in [-0.2, 0) is 6.61 Å². The van der Waals surface area contributed by atoms with Crippen molar-refractivity contribution in [2.75, 3.05) is 11.9 Å². The van der Waals surface area contributed by atoms with Crippen molar-refractivity contribution in [1.29, 1.82) is 0 Å². The maximum Gasteiger partial charge on any atom is 0.0702 e. The third kappa shape index (κ3) is 2.86. The van der Waals surface area contributed by atoms with E-state index in [1.807, 2.05) is 25.2 Å². The first-order chi connectivity index (χ1) is 7.10. The lowest BCUT2D eigenvalue weighted by atomic mass is 10.1. The van der Waals surface area contributed by atoms with Crippen molar-refractivity contribution in [3.63, 3.8) is 0 Å². The van der Waals surface area contributed by atoms with E-state index in [0.29, 0.717) is 11.1 Å². The third-order valence-electron chi connectivity index (χ3n) is 2.84.